The first-order chi connectivity index (χ1) is 7.11. The Balaban J connectivity index is -0.0000000900. The van der Waals surface area contributed by atoms with Gasteiger partial charge in [0.05, 0.1) is 0 Å². The van der Waals surface area contributed by atoms with Crippen molar-refractivity contribution in [1.82, 2.24) is 0 Å². The summed E-state index contributed by atoms with van der Waals surface area (Å²) in [5.74, 6) is 0. The van der Waals surface area contributed by atoms with Gasteiger partial charge in [0.1, 0.15) is 0 Å². The van der Waals surface area contributed by atoms with Gasteiger partial charge in [-0.2, -0.15) is 21.1 Å². The van der Waals surface area contributed by atoms with Crippen molar-refractivity contribution in [3.8, 4) is 0 Å². The summed E-state index contributed by atoms with van der Waals surface area (Å²) >= 11 is -5.94. The third-order valence-corrected chi connectivity index (χ3v) is 3.06. The minimum absolute atomic E-state index is 0. The van der Waals surface area contributed by atoms with Gasteiger partial charge in [-0.15, -0.1) is 0 Å². The van der Waals surface area contributed by atoms with Crippen molar-refractivity contribution >= 4 is 19.1 Å². The van der Waals surface area contributed by atoms with E-state index in [0.717, 1.165) is 12.1 Å². The molecule has 1 aromatic rings. The van der Waals surface area contributed by atoms with Gasteiger partial charge in [-0.1, -0.05) is 0 Å². The van der Waals surface area contributed by atoms with E-state index < -0.39 is 19.1 Å². The second-order valence-corrected chi connectivity index (χ2v) is 4.97. The van der Waals surface area contributed by atoms with Crippen LogP contribution in [0.1, 0.15) is 0 Å². The molecule has 0 aliphatic heterocycles. The van der Waals surface area contributed by atoms with E-state index in [0.29, 0.717) is 0 Å². The predicted molar refractivity (Wildman–Crippen MR) is 61.5 cm³/mol. The quantitative estimate of drug-likeness (QED) is 0.533. The molecule has 0 saturated heterocycles. The average molecular weight is 375 g/mol. The van der Waals surface area contributed by atoms with Crippen LogP contribution in [-0.4, -0.2) is 35.8 Å². The molecule has 16 heavy (non-hydrogen) atoms. The monoisotopic (exact) mass is 375 g/mol. The van der Waals surface area contributed by atoms with Gasteiger partial charge in [-0.25, -0.2) is 0 Å². The SMILES string of the molecule is C[NH-].C[NH-].C[NH-].[F][Ge]([F])([F])[c-]1cccc1.[Zr+4]. The molecule has 0 atom stereocenters. The van der Waals surface area contributed by atoms with Crippen LogP contribution in [0.15, 0.2) is 24.3 Å². The van der Waals surface area contributed by atoms with Crippen LogP contribution in [0.25, 0.3) is 17.2 Å². The number of halogens is 3. The van der Waals surface area contributed by atoms with Crippen molar-refractivity contribution in [1.29, 1.82) is 0 Å². The molecule has 0 radical (unpaired) electrons. The second kappa shape index (κ2) is 17.8. The number of hydrogen-bond acceptors (Lipinski definition) is 0. The largest absolute Gasteiger partial charge is 4.00 e. The van der Waals surface area contributed by atoms with E-state index >= 15 is 0 Å². The molecule has 3 N–H and O–H groups in total. The molecule has 0 spiro atoms. The van der Waals surface area contributed by atoms with Gasteiger partial charge in [0, 0.05) is 0 Å². The molecule has 0 aliphatic carbocycles. The predicted octanol–water partition coefficient (Wildman–Crippen LogP) is 3.46. The van der Waals surface area contributed by atoms with Crippen LogP contribution >= 0.6 is 0 Å². The Labute approximate surface area is 118 Å². The first-order valence-corrected chi connectivity index (χ1v) is 7.32. The molecular weight excluding hydrogens is 359 g/mol. The summed E-state index contributed by atoms with van der Waals surface area (Å²) in [5, 5.41) is 0. The standard InChI is InChI=1S/C5H4F3Ge.3CH4N.Zr/c6-9(7,8)5-3-1-2-4-5;3*1-2;/h1-4H;3*2H,1H3;/q4*-1;+4. The van der Waals surface area contributed by atoms with Gasteiger partial charge in [0.2, 0.25) is 0 Å². The summed E-state index contributed by atoms with van der Waals surface area (Å²) in [4.78, 5) is 0. The fraction of sp³-hybridized carbons (Fsp3) is 0.375. The van der Waals surface area contributed by atoms with E-state index in [2.05, 4.69) is 0 Å². The van der Waals surface area contributed by atoms with Gasteiger partial charge < -0.3 is 17.2 Å². The van der Waals surface area contributed by atoms with Crippen molar-refractivity contribution in [3.63, 3.8) is 0 Å². The molecule has 0 aromatic heterocycles. The molecule has 0 bridgehead atoms. The Morgan fingerprint density at radius 1 is 0.812 bits per heavy atom. The molecule has 92 valence electrons. The molecule has 0 unspecified atom stereocenters. The van der Waals surface area contributed by atoms with E-state index in [1.54, 1.807) is 0 Å². The summed E-state index contributed by atoms with van der Waals surface area (Å²) in [6.07, 6.45) is 0. The number of rotatable bonds is 1. The molecule has 1 aromatic carbocycles. The van der Waals surface area contributed by atoms with E-state index in [4.69, 9.17) is 17.2 Å². The Morgan fingerprint density at radius 3 is 1.19 bits per heavy atom. The average Bonchev–Trinajstić information content (AvgIpc) is 2.79. The van der Waals surface area contributed by atoms with Crippen LogP contribution < -0.4 is 4.40 Å². The van der Waals surface area contributed by atoms with Crippen molar-refractivity contribution in [3.05, 3.63) is 41.5 Å². The first kappa shape index (κ1) is 25.3. The zero-order valence-corrected chi connectivity index (χ0v) is 14.0. The van der Waals surface area contributed by atoms with Crippen molar-refractivity contribution in [2.24, 2.45) is 0 Å². The smallest absolute Gasteiger partial charge is 4.00 e. The normalized spacial score (nSPS) is 7.81. The summed E-state index contributed by atoms with van der Waals surface area (Å²) in [6.45, 7) is 0. The molecule has 0 aliphatic rings. The summed E-state index contributed by atoms with van der Waals surface area (Å²) < 4.78 is 35.0. The molecule has 8 heteroatoms. The van der Waals surface area contributed by atoms with Crippen LogP contribution in [0.5, 0.6) is 0 Å². The van der Waals surface area contributed by atoms with Crippen molar-refractivity contribution < 1.29 is 36.7 Å². The van der Waals surface area contributed by atoms with E-state index in [-0.39, 0.29) is 26.2 Å². The minimum atomic E-state index is -5.94. The molecule has 1 rings (SSSR count). The van der Waals surface area contributed by atoms with Crippen LogP contribution in [0, 0.1) is 0 Å². The summed E-state index contributed by atoms with van der Waals surface area (Å²) in [5.41, 5.74) is 17.2. The second-order valence-electron chi connectivity index (χ2n) is 1.67. The van der Waals surface area contributed by atoms with Gasteiger partial charge in [-0.05, 0) is 0 Å². The third-order valence-electron chi connectivity index (χ3n) is 0.990. The zero-order valence-electron chi connectivity index (χ0n) is 9.44. The van der Waals surface area contributed by atoms with Gasteiger partial charge >= 0.3 is 80.0 Å². The molecule has 0 amide bonds. The maximum atomic E-state index is 11.8. The number of nitrogens with one attached hydrogen (secondary N) is 3. The summed E-state index contributed by atoms with van der Waals surface area (Å²) in [7, 11) is 3.75. The third kappa shape index (κ3) is 14.4. The fourth-order valence-corrected chi connectivity index (χ4v) is 1.76. The Kier molecular flexibility index (Phi) is 28.2. The van der Waals surface area contributed by atoms with Gasteiger partial charge in [0.15, 0.2) is 0 Å². The minimum Gasteiger partial charge on any atom is 4.00 e. The maximum absolute atomic E-state index is 11.8. The topological polar surface area (TPSA) is 71.4 Å². The van der Waals surface area contributed by atoms with Crippen LogP contribution in [0.2, 0.25) is 0 Å². The van der Waals surface area contributed by atoms with Crippen LogP contribution in [-0.2, 0) is 26.2 Å². The molecule has 0 fully saturated rings. The van der Waals surface area contributed by atoms with Crippen LogP contribution in [0.4, 0.5) is 10.5 Å². The molecule has 0 saturated carbocycles. The number of hydrogen-bond donors (Lipinski definition) is 0. The Bertz CT molecular complexity index is 193. The molecule has 0 heterocycles. The first-order valence-electron chi connectivity index (χ1n) is 3.89. The van der Waals surface area contributed by atoms with E-state index in [9.17, 15) is 10.5 Å². The van der Waals surface area contributed by atoms with E-state index in [1.165, 1.54) is 33.3 Å². The Hall–Kier alpha value is 0.446. The summed E-state index contributed by atoms with van der Waals surface area (Å²) in [6, 6.07) is 5.07. The van der Waals surface area contributed by atoms with Gasteiger partial charge in [0.25, 0.3) is 0 Å². The van der Waals surface area contributed by atoms with Crippen LogP contribution in [0.3, 0.4) is 0 Å². The molecular formula is C8H16F3GeN3Zr. The van der Waals surface area contributed by atoms with Crippen molar-refractivity contribution in [2.45, 2.75) is 0 Å². The zero-order chi connectivity index (χ0) is 12.9. The van der Waals surface area contributed by atoms with Gasteiger partial charge in [-0.3, -0.25) is 0 Å². The van der Waals surface area contributed by atoms with Crippen molar-refractivity contribution in [2.75, 3.05) is 21.1 Å². The maximum Gasteiger partial charge on any atom is 4.00 e. The van der Waals surface area contributed by atoms with E-state index in [1.807, 2.05) is 0 Å². The molecule has 3 nitrogen and oxygen atoms in total. The Morgan fingerprint density at radius 2 is 1.06 bits per heavy atom. The fourth-order valence-electron chi connectivity index (χ4n) is 0.563.